The van der Waals surface area contributed by atoms with Gasteiger partial charge in [-0.1, -0.05) is 6.07 Å². The van der Waals surface area contributed by atoms with Crippen LogP contribution >= 0.6 is 12.4 Å². The number of nitrogens with zero attached hydrogens (tertiary/aromatic N) is 3. The van der Waals surface area contributed by atoms with Crippen molar-refractivity contribution < 1.29 is 18.0 Å². The summed E-state index contributed by atoms with van der Waals surface area (Å²) >= 11 is 0. The Hall–Kier alpha value is -2.10. The molecule has 6 nitrogen and oxygen atoms in total. The first-order valence-electron chi connectivity index (χ1n) is 8.73. The average Bonchev–Trinajstić information content (AvgIpc) is 3.05. The van der Waals surface area contributed by atoms with E-state index in [2.05, 4.69) is 20.5 Å². The predicted molar refractivity (Wildman–Crippen MR) is 102 cm³/mol. The number of piperazine rings is 1. The number of aryl methyl sites for hydroxylation is 1. The van der Waals surface area contributed by atoms with Gasteiger partial charge in [0.15, 0.2) is 0 Å². The fourth-order valence-electron chi connectivity index (χ4n) is 3.21. The molecule has 1 aromatic heterocycles. The quantitative estimate of drug-likeness (QED) is 0.785. The maximum atomic E-state index is 12.8. The Morgan fingerprint density at radius 3 is 2.86 bits per heavy atom. The number of benzene rings is 1. The van der Waals surface area contributed by atoms with Gasteiger partial charge in [-0.05, 0) is 18.2 Å². The Morgan fingerprint density at radius 1 is 1.39 bits per heavy atom. The van der Waals surface area contributed by atoms with Crippen molar-refractivity contribution in [3.8, 4) is 0 Å². The summed E-state index contributed by atoms with van der Waals surface area (Å²) in [4.78, 5) is 18.8. The summed E-state index contributed by atoms with van der Waals surface area (Å²) in [5, 5.41) is 5.88. The lowest BCUT2D eigenvalue weighted by Gasteiger charge is -2.35. The first-order valence-corrected chi connectivity index (χ1v) is 8.73. The third kappa shape index (κ3) is 5.46. The second-order valence-corrected chi connectivity index (χ2v) is 6.53. The van der Waals surface area contributed by atoms with E-state index in [0.717, 1.165) is 37.6 Å². The second kappa shape index (κ2) is 9.40. The summed E-state index contributed by atoms with van der Waals surface area (Å²) in [6.07, 6.45) is -0.626. The highest BCUT2D eigenvalue weighted by Gasteiger charge is 2.30. The van der Waals surface area contributed by atoms with Crippen LogP contribution in [0.5, 0.6) is 0 Å². The molecule has 1 amide bonds. The van der Waals surface area contributed by atoms with Gasteiger partial charge in [-0.25, -0.2) is 4.98 Å². The number of imidazole rings is 1. The number of rotatable bonds is 5. The summed E-state index contributed by atoms with van der Waals surface area (Å²) in [5.41, 5.74) is -0.631. The van der Waals surface area contributed by atoms with Crippen LogP contribution < -0.4 is 10.6 Å². The van der Waals surface area contributed by atoms with Crippen molar-refractivity contribution in [3.63, 3.8) is 0 Å². The fraction of sp³-hybridized carbons (Fsp3) is 0.444. The molecule has 0 aliphatic carbocycles. The van der Waals surface area contributed by atoms with E-state index in [0.29, 0.717) is 6.54 Å². The molecule has 1 saturated heterocycles. The maximum Gasteiger partial charge on any atom is 0.416 e. The largest absolute Gasteiger partial charge is 0.416 e. The summed E-state index contributed by atoms with van der Waals surface area (Å²) in [5.74, 6) is 0.604. The topological polar surface area (TPSA) is 62.2 Å². The Kier molecular flexibility index (Phi) is 7.45. The molecule has 3 rings (SSSR count). The molecule has 1 atom stereocenters. The fourth-order valence-corrected chi connectivity index (χ4v) is 3.21. The Labute approximate surface area is 167 Å². The molecule has 2 heterocycles. The van der Waals surface area contributed by atoms with Crippen molar-refractivity contribution in [3.05, 3.63) is 48.0 Å². The zero-order valence-corrected chi connectivity index (χ0v) is 16.2. The van der Waals surface area contributed by atoms with Crippen molar-refractivity contribution >= 4 is 24.0 Å². The Bertz CT molecular complexity index is 796. The second-order valence-electron chi connectivity index (χ2n) is 6.53. The molecule has 1 aromatic carbocycles. The molecular weight excluding hydrogens is 395 g/mol. The van der Waals surface area contributed by atoms with Gasteiger partial charge in [0.2, 0.25) is 5.91 Å². The van der Waals surface area contributed by atoms with Crippen molar-refractivity contribution in [1.29, 1.82) is 0 Å². The number of aromatic nitrogens is 2. The molecule has 1 aliphatic rings. The summed E-state index contributed by atoms with van der Waals surface area (Å²) in [7, 11) is 1.93. The minimum atomic E-state index is -4.43. The van der Waals surface area contributed by atoms with E-state index in [1.54, 1.807) is 6.20 Å². The van der Waals surface area contributed by atoms with E-state index >= 15 is 0 Å². The van der Waals surface area contributed by atoms with Crippen LogP contribution in [0.15, 0.2) is 36.7 Å². The molecule has 0 radical (unpaired) electrons. The van der Waals surface area contributed by atoms with Crippen LogP contribution in [0, 0.1) is 0 Å². The van der Waals surface area contributed by atoms with Gasteiger partial charge >= 0.3 is 6.18 Å². The smallest absolute Gasteiger partial charge is 0.337 e. The lowest BCUT2D eigenvalue weighted by Crippen LogP contribution is -2.47. The molecule has 2 N–H and O–H groups in total. The highest BCUT2D eigenvalue weighted by atomic mass is 35.5. The zero-order chi connectivity index (χ0) is 19.4. The number of anilines is 1. The Balaban J connectivity index is 0.00000280. The van der Waals surface area contributed by atoms with E-state index < -0.39 is 11.7 Å². The van der Waals surface area contributed by atoms with Crippen molar-refractivity contribution in [2.24, 2.45) is 7.05 Å². The summed E-state index contributed by atoms with van der Waals surface area (Å²) < 4.78 is 40.3. The number of alkyl halides is 3. The van der Waals surface area contributed by atoms with Gasteiger partial charge in [0.25, 0.3) is 0 Å². The molecule has 0 bridgehead atoms. The number of carbonyl (C=O) groups excluding carboxylic acids is 1. The Morgan fingerprint density at radius 2 is 2.18 bits per heavy atom. The van der Waals surface area contributed by atoms with Crippen LogP contribution in [0.4, 0.5) is 18.9 Å². The van der Waals surface area contributed by atoms with E-state index in [1.807, 2.05) is 17.8 Å². The molecule has 1 fully saturated rings. The first-order chi connectivity index (χ1) is 12.8. The van der Waals surface area contributed by atoms with E-state index in [4.69, 9.17) is 0 Å². The SMILES string of the molecule is Cl.Cn1ccnc1C1CNCCN1CCC(=O)Nc1cccc(C(F)(F)F)c1. The first kappa shape index (κ1) is 22.2. The van der Waals surface area contributed by atoms with Crippen LogP contribution in [0.25, 0.3) is 0 Å². The van der Waals surface area contributed by atoms with Crippen molar-refractivity contribution in [2.45, 2.75) is 18.6 Å². The van der Waals surface area contributed by atoms with Crippen molar-refractivity contribution in [2.75, 3.05) is 31.5 Å². The van der Waals surface area contributed by atoms with Crippen molar-refractivity contribution in [1.82, 2.24) is 19.8 Å². The third-order valence-electron chi connectivity index (χ3n) is 4.61. The number of amides is 1. The monoisotopic (exact) mass is 417 g/mol. The van der Waals surface area contributed by atoms with Gasteiger partial charge in [-0.3, -0.25) is 9.69 Å². The number of hydrogen-bond donors (Lipinski definition) is 2. The lowest BCUT2D eigenvalue weighted by molar-refractivity contribution is -0.137. The molecule has 1 unspecified atom stereocenters. The molecule has 154 valence electrons. The number of nitrogens with one attached hydrogen (secondary N) is 2. The molecule has 10 heteroatoms. The van der Waals surface area contributed by atoms with E-state index in [9.17, 15) is 18.0 Å². The van der Waals surface area contributed by atoms with Crippen LogP contribution in [0.1, 0.15) is 23.9 Å². The van der Waals surface area contributed by atoms with Gasteiger partial charge in [0.05, 0.1) is 11.6 Å². The van der Waals surface area contributed by atoms with Gasteiger partial charge in [-0.2, -0.15) is 13.2 Å². The number of halogens is 4. The van der Waals surface area contributed by atoms with Gasteiger partial charge < -0.3 is 15.2 Å². The van der Waals surface area contributed by atoms with Crippen LogP contribution in [-0.4, -0.2) is 46.5 Å². The van der Waals surface area contributed by atoms with Crippen LogP contribution in [-0.2, 0) is 18.0 Å². The molecule has 2 aromatic rings. The normalized spacial score (nSPS) is 17.8. The standard InChI is InChI=1S/C18H22F3N5O.ClH/c1-25-9-7-23-17(25)15-12-22-6-10-26(15)8-5-16(27)24-14-4-2-3-13(11-14)18(19,20)21;/h2-4,7,9,11,15,22H,5-6,8,10,12H2,1H3,(H,24,27);1H. The molecule has 0 spiro atoms. The minimum Gasteiger partial charge on any atom is -0.337 e. The highest BCUT2D eigenvalue weighted by Crippen LogP contribution is 2.30. The maximum absolute atomic E-state index is 12.8. The molecule has 28 heavy (non-hydrogen) atoms. The number of carbonyl (C=O) groups is 1. The number of hydrogen-bond acceptors (Lipinski definition) is 4. The molecule has 0 saturated carbocycles. The highest BCUT2D eigenvalue weighted by molar-refractivity contribution is 5.90. The van der Waals surface area contributed by atoms with Gasteiger partial charge in [0, 0.05) is 57.7 Å². The molecule has 1 aliphatic heterocycles. The van der Waals surface area contributed by atoms with Gasteiger partial charge in [-0.15, -0.1) is 12.4 Å². The lowest BCUT2D eigenvalue weighted by atomic mass is 10.1. The predicted octanol–water partition coefficient (Wildman–Crippen LogP) is 2.84. The average molecular weight is 418 g/mol. The zero-order valence-electron chi connectivity index (χ0n) is 15.4. The summed E-state index contributed by atoms with van der Waals surface area (Å²) in [6, 6.07) is 4.72. The van der Waals surface area contributed by atoms with E-state index in [-0.39, 0.29) is 36.5 Å². The van der Waals surface area contributed by atoms with E-state index in [1.165, 1.54) is 12.1 Å². The van der Waals surface area contributed by atoms with Gasteiger partial charge in [0.1, 0.15) is 5.82 Å². The van der Waals surface area contributed by atoms with Crippen LogP contribution in [0.2, 0.25) is 0 Å². The minimum absolute atomic E-state index is 0. The molecular formula is C18H23ClF3N5O. The summed E-state index contributed by atoms with van der Waals surface area (Å²) in [6.45, 7) is 2.83. The van der Waals surface area contributed by atoms with Crippen LogP contribution in [0.3, 0.4) is 0 Å². The third-order valence-corrected chi connectivity index (χ3v) is 4.61.